The molecule has 0 unspecified atom stereocenters. The molecule has 5 N–H and O–H groups in total. The number of benzene rings is 1. The second-order valence-electron chi connectivity index (χ2n) is 11.0. The lowest BCUT2D eigenvalue weighted by Crippen LogP contribution is -2.46. The van der Waals surface area contributed by atoms with Crippen LogP contribution in [0.2, 0.25) is 6.32 Å². The van der Waals surface area contributed by atoms with Gasteiger partial charge in [0.25, 0.3) is 0 Å². The van der Waals surface area contributed by atoms with E-state index in [0.29, 0.717) is 29.9 Å². The van der Waals surface area contributed by atoms with Crippen molar-refractivity contribution in [3.63, 3.8) is 0 Å². The Kier molecular flexibility index (Phi) is 8.98. The van der Waals surface area contributed by atoms with Gasteiger partial charge in [0.05, 0.1) is 30.2 Å². The maximum atomic E-state index is 13.8. The maximum Gasteiger partial charge on any atom is 0.488 e. The molecule has 3 aliphatic rings. The van der Waals surface area contributed by atoms with E-state index in [1.165, 1.54) is 12.1 Å². The zero-order valence-corrected chi connectivity index (χ0v) is 23.0. The number of fused-ring (bicyclic) bond motifs is 3. The average Bonchev–Trinajstić information content (AvgIpc) is 3.52. The van der Waals surface area contributed by atoms with Gasteiger partial charge in [-0.1, -0.05) is 31.1 Å². The van der Waals surface area contributed by atoms with E-state index in [4.69, 9.17) is 9.07 Å². The topological polar surface area (TPSA) is 161 Å². The molecule has 4 atom stereocenters. The van der Waals surface area contributed by atoms with E-state index < -0.39 is 49.9 Å². The van der Waals surface area contributed by atoms with Gasteiger partial charge in [-0.15, -0.1) is 0 Å². The van der Waals surface area contributed by atoms with Gasteiger partial charge in [0.2, 0.25) is 11.8 Å². The van der Waals surface area contributed by atoms with Crippen LogP contribution in [-0.4, -0.2) is 64.0 Å². The number of allylic oxidation sites excluding steroid dienone is 1. The van der Waals surface area contributed by atoms with Gasteiger partial charge >= 0.3 is 14.2 Å². The van der Waals surface area contributed by atoms with Crippen LogP contribution in [0.3, 0.4) is 0 Å². The molecule has 2 aliphatic heterocycles. The van der Waals surface area contributed by atoms with Crippen molar-refractivity contribution in [2.75, 3.05) is 11.5 Å². The highest BCUT2D eigenvalue weighted by molar-refractivity contribution is 6.58. The van der Waals surface area contributed by atoms with Crippen LogP contribution in [-0.2, 0) is 20.9 Å². The number of hydrogen-bond acceptors (Lipinski definition) is 9. The SMILES string of the molecule is CCC/C(=C\c1ccc(CO)o1)CC[C@H]1OB(O)C[C@H]2C1=C(CO)C[C@H]1C(=O)N(c3cccc(B(O)O)c3)C(=O)[C@H]12. The van der Waals surface area contributed by atoms with Crippen LogP contribution in [0.4, 0.5) is 5.69 Å². The maximum absolute atomic E-state index is 13.8. The summed E-state index contributed by atoms with van der Waals surface area (Å²) in [6.45, 7) is 1.61. The standard InChI is InChI=1S/C29H35B2NO9/c1-2-4-17(11-21-8-9-22(16-34)40-21)7-10-25-26-18(15-33)12-23-27(24(26)14-30(37)41-25)29(36)32(28(23)35)20-6-3-5-19(13-20)31(38)39/h3,5-6,8-9,11,13,23-25,27,33-34,37-39H,2,4,7,10,12,14-16H2,1H3/b17-11+/t23-,24+,25-,27-/m1/s1. The third-order valence-corrected chi connectivity index (χ3v) is 8.41. The smallest absolute Gasteiger partial charge is 0.459 e. The Labute approximate surface area is 239 Å². The van der Waals surface area contributed by atoms with Gasteiger partial charge in [-0.3, -0.25) is 14.5 Å². The Morgan fingerprint density at radius 2 is 1.90 bits per heavy atom. The Balaban J connectivity index is 1.42. The minimum atomic E-state index is -1.75. The second-order valence-corrected chi connectivity index (χ2v) is 11.0. The number of hydrogen-bond donors (Lipinski definition) is 5. The third-order valence-electron chi connectivity index (χ3n) is 8.41. The van der Waals surface area contributed by atoms with Crippen LogP contribution in [0.5, 0.6) is 0 Å². The van der Waals surface area contributed by atoms with Crippen LogP contribution < -0.4 is 10.4 Å². The summed E-state index contributed by atoms with van der Waals surface area (Å²) in [6, 6.07) is 9.56. The molecule has 41 heavy (non-hydrogen) atoms. The molecule has 1 aromatic carbocycles. The molecular weight excluding hydrogens is 528 g/mol. The van der Waals surface area contributed by atoms with E-state index in [1.54, 1.807) is 24.3 Å². The summed E-state index contributed by atoms with van der Waals surface area (Å²) in [5.41, 5.74) is 2.98. The number of amides is 2. The van der Waals surface area contributed by atoms with E-state index in [0.717, 1.165) is 28.9 Å². The first-order valence-electron chi connectivity index (χ1n) is 14.1. The first kappa shape index (κ1) is 29.5. The molecule has 0 saturated carbocycles. The van der Waals surface area contributed by atoms with Crippen molar-refractivity contribution in [3.8, 4) is 0 Å². The lowest BCUT2D eigenvalue weighted by molar-refractivity contribution is -0.122. The fourth-order valence-electron chi connectivity index (χ4n) is 6.65. The van der Waals surface area contributed by atoms with E-state index in [1.807, 2.05) is 6.08 Å². The van der Waals surface area contributed by atoms with Gasteiger partial charge in [-0.25, -0.2) is 0 Å². The fourth-order valence-corrected chi connectivity index (χ4v) is 6.65. The molecule has 0 radical (unpaired) electrons. The zero-order chi connectivity index (χ0) is 29.3. The van der Waals surface area contributed by atoms with Crippen LogP contribution >= 0.6 is 0 Å². The van der Waals surface area contributed by atoms with E-state index in [2.05, 4.69) is 6.92 Å². The number of nitrogens with zero attached hydrogens (tertiary/aromatic N) is 1. The number of imide groups is 1. The summed E-state index contributed by atoms with van der Waals surface area (Å²) >= 11 is 0. The Morgan fingerprint density at radius 1 is 1.10 bits per heavy atom. The molecule has 3 heterocycles. The van der Waals surface area contributed by atoms with Crippen LogP contribution in [0.25, 0.3) is 6.08 Å². The van der Waals surface area contributed by atoms with Crippen molar-refractivity contribution >= 4 is 43.3 Å². The molecule has 5 rings (SSSR count). The number of aliphatic hydroxyl groups excluding tert-OH is 2. The molecule has 10 nitrogen and oxygen atoms in total. The zero-order valence-electron chi connectivity index (χ0n) is 23.0. The van der Waals surface area contributed by atoms with Crippen molar-refractivity contribution in [1.82, 2.24) is 0 Å². The summed E-state index contributed by atoms with van der Waals surface area (Å²) in [7, 11) is -2.88. The Morgan fingerprint density at radius 3 is 2.59 bits per heavy atom. The third kappa shape index (κ3) is 5.86. The molecule has 2 fully saturated rings. The summed E-state index contributed by atoms with van der Waals surface area (Å²) in [5.74, 6) is -1.57. The molecule has 2 saturated heterocycles. The highest BCUT2D eigenvalue weighted by Crippen LogP contribution is 2.51. The molecule has 2 amide bonds. The molecule has 1 aliphatic carbocycles. The van der Waals surface area contributed by atoms with Gasteiger partial charge in [0, 0.05) is 0 Å². The number of carbonyl (C=O) groups is 2. The highest BCUT2D eigenvalue weighted by atomic mass is 16.5. The first-order valence-corrected chi connectivity index (χ1v) is 14.1. The minimum Gasteiger partial charge on any atom is -0.459 e. The predicted molar refractivity (Wildman–Crippen MR) is 152 cm³/mol. The van der Waals surface area contributed by atoms with Gasteiger partial charge in [0.15, 0.2) is 0 Å². The predicted octanol–water partition coefficient (Wildman–Crippen LogP) is 1.41. The summed E-state index contributed by atoms with van der Waals surface area (Å²) in [6.07, 6.45) is 4.60. The van der Waals surface area contributed by atoms with Crippen LogP contribution in [0.15, 0.2) is 57.5 Å². The first-order chi connectivity index (χ1) is 19.7. The van der Waals surface area contributed by atoms with Crippen molar-refractivity contribution in [1.29, 1.82) is 0 Å². The lowest BCUT2D eigenvalue weighted by Gasteiger charge is -2.43. The molecular formula is C29H35B2NO9. The molecule has 2 aromatic rings. The van der Waals surface area contributed by atoms with Crippen molar-refractivity contribution < 1.29 is 43.9 Å². The normalized spacial score (nSPS) is 24.7. The summed E-state index contributed by atoms with van der Waals surface area (Å²) in [4.78, 5) is 28.5. The Hall–Kier alpha value is -2.99. The number of rotatable bonds is 10. The van der Waals surface area contributed by atoms with Crippen LogP contribution in [0.1, 0.15) is 50.5 Å². The van der Waals surface area contributed by atoms with Gasteiger partial charge < -0.3 is 34.4 Å². The molecule has 1 aromatic heterocycles. The van der Waals surface area contributed by atoms with Gasteiger partial charge in [-0.05, 0) is 84.9 Å². The Bertz CT molecular complexity index is 1350. The average molecular weight is 563 g/mol. The summed E-state index contributed by atoms with van der Waals surface area (Å²) < 4.78 is 11.6. The van der Waals surface area contributed by atoms with E-state index in [9.17, 15) is 34.9 Å². The molecule has 0 spiro atoms. The largest absolute Gasteiger partial charge is 0.488 e. The van der Waals surface area contributed by atoms with E-state index >= 15 is 0 Å². The number of carbonyl (C=O) groups excluding carboxylic acids is 2. The second kappa shape index (κ2) is 12.5. The molecule has 216 valence electrons. The number of furan rings is 1. The fraction of sp³-hybridized carbons (Fsp3) is 0.448. The quantitative estimate of drug-likeness (QED) is 0.164. The van der Waals surface area contributed by atoms with Crippen molar-refractivity contribution in [2.24, 2.45) is 17.8 Å². The molecule has 12 heteroatoms. The lowest BCUT2D eigenvalue weighted by atomic mass is 9.58. The van der Waals surface area contributed by atoms with Crippen molar-refractivity contribution in [3.05, 3.63) is 64.6 Å². The minimum absolute atomic E-state index is 0.132. The summed E-state index contributed by atoms with van der Waals surface area (Å²) in [5, 5.41) is 49.6. The van der Waals surface area contributed by atoms with Crippen LogP contribution in [0, 0.1) is 17.8 Å². The van der Waals surface area contributed by atoms with Gasteiger partial charge in [-0.2, -0.15) is 0 Å². The highest BCUT2D eigenvalue weighted by Gasteiger charge is 2.57. The number of aliphatic hydroxyl groups is 2. The monoisotopic (exact) mass is 563 g/mol. The molecule has 0 bridgehead atoms. The number of anilines is 1. The van der Waals surface area contributed by atoms with Crippen molar-refractivity contribution in [2.45, 2.75) is 58.1 Å². The van der Waals surface area contributed by atoms with E-state index in [-0.39, 0.29) is 37.1 Å². The van der Waals surface area contributed by atoms with Gasteiger partial charge in [0.1, 0.15) is 18.1 Å².